The number of aliphatic hydroxyl groups is 1. The molecule has 3 amide bonds. The van der Waals surface area contributed by atoms with Crippen LogP contribution >= 0.6 is 0 Å². The Hall–Kier alpha value is -5.02. The van der Waals surface area contributed by atoms with Crippen molar-refractivity contribution >= 4 is 34.6 Å². The SMILES string of the molecule is CC(O)C(NC(=O)C(N)Cc1c[nH]c2ccccc12)C(=O)NC(Cc1cnc[nH]1)C(=O)NC(Cc1cnc[nH]1)C(=O)O. The lowest BCUT2D eigenvalue weighted by Crippen LogP contribution is -2.60. The highest BCUT2D eigenvalue weighted by atomic mass is 16.4. The Bertz CT molecular complexity index is 1500. The number of hydrogen-bond acceptors (Lipinski definition) is 8. The standard InChI is InChI=1S/C27H33N9O6/c1-14(37)23(36-24(38)19(28)6-15-9-31-20-5-3-2-4-18(15)20)26(40)34-21(7-16-10-29-12-32-16)25(39)35-22(27(41)42)8-17-11-30-13-33-17/h2-5,9-14,19,21-23,31,37H,6-8,28H2,1H3,(H,29,32)(H,30,33)(H,34,40)(H,35,39)(H,36,38)(H,41,42). The third kappa shape index (κ3) is 7.58. The Morgan fingerprint density at radius 1 is 0.857 bits per heavy atom. The summed E-state index contributed by atoms with van der Waals surface area (Å²) in [5.41, 5.74) is 8.81. The second-order valence-corrected chi connectivity index (χ2v) is 9.92. The average Bonchev–Trinajstić information content (AvgIpc) is 3.74. The van der Waals surface area contributed by atoms with Crippen LogP contribution in [0, 0.1) is 0 Å². The van der Waals surface area contributed by atoms with Crippen molar-refractivity contribution in [3.63, 3.8) is 0 Å². The van der Waals surface area contributed by atoms with Crippen LogP contribution in [-0.4, -0.2) is 89.1 Å². The number of aromatic nitrogens is 5. The number of nitrogens with zero attached hydrogens (tertiary/aromatic N) is 2. The number of H-pyrrole nitrogens is 3. The van der Waals surface area contributed by atoms with E-state index in [0.29, 0.717) is 11.4 Å². The molecule has 5 atom stereocenters. The summed E-state index contributed by atoms with van der Waals surface area (Å²) in [6.07, 6.45) is 6.08. The summed E-state index contributed by atoms with van der Waals surface area (Å²) in [6.45, 7) is 1.31. The first-order valence-electron chi connectivity index (χ1n) is 13.2. The lowest BCUT2D eigenvalue weighted by molar-refractivity contribution is -0.142. The number of carboxylic acids is 1. The van der Waals surface area contributed by atoms with E-state index in [1.165, 1.54) is 32.0 Å². The van der Waals surface area contributed by atoms with Crippen LogP contribution in [0.2, 0.25) is 0 Å². The molecule has 1 aromatic carbocycles. The number of para-hydroxylation sites is 1. The summed E-state index contributed by atoms with van der Waals surface area (Å²) in [7, 11) is 0. The van der Waals surface area contributed by atoms with Crippen LogP contribution in [0.15, 0.2) is 55.5 Å². The molecule has 4 rings (SSSR count). The van der Waals surface area contributed by atoms with Crippen molar-refractivity contribution in [2.75, 3.05) is 0 Å². The molecule has 0 aliphatic carbocycles. The molecule has 0 spiro atoms. The van der Waals surface area contributed by atoms with Crippen LogP contribution in [-0.2, 0) is 38.4 Å². The van der Waals surface area contributed by atoms with E-state index in [-0.39, 0.29) is 19.3 Å². The van der Waals surface area contributed by atoms with Crippen LogP contribution in [0.4, 0.5) is 0 Å². The topological polar surface area (TPSA) is 244 Å². The predicted molar refractivity (Wildman–Crippen MR) is 150 cm³/mol. The molecule has 0 saturated heterocycles. The van der Waals surface area contributed by atoms with Crippen molar-refractivity contribution in [3.05, 3.63) is 72.5 Å². The molecule has 3 aromatic heterocycles. The quantitative estimate of drug-likeness (QED) is 0.0878. The molecule has 4 aromatic rings. The maximum atomic E-state index is 13.3. The van der Waals surface area contributed by atoms with Gasteiger partial charge in [-0.15, -0.1) is 0 Å². The molecule has 10 N–H and O–H groups in total. The van der Waals surface area contributed by atoms with Gasteiger partial charge >= 0.3 is 5.97 Å². The number of aliphatic hydroxyl groups excluding tert-OH is 1. The number of carboxylic acid groups (broad SMARTS) is 1. The van der Waals surface area contributed by atoms with E-state index in [2.05, 4.69) is 40.9 Å². The Morgan fingerprint density at radius 3 is 2.07 bits per heavy atom. The fraction of sp³-hybridized carbons (Fsp3) is 0.333. The zero-order valence-electron chi connectivity index (χ0n) is 22.7. The second kappa shape index (κ2) is 13.6. The summed E-state index contributed by atoms with van der Waals surface area (Å²) < 4.78 is 0. The first kappa shape index (κ1) is 30.0. The number of rotatable bonds is 14. The Kier molecular flexibility index (Phi) is 9.67. The van der Waals surface area contributed by atoms with Crippen molar-refractivity contribution in [2.24, 2.45) is 5.73 Å². The van der Waals surface area contributed by atoms with Gasteiger partial charge in [-0.3, -0.25) is 14.4 Å². The van der Waals surface area contributed by atoms with Gasteiger partial charge in [-0.05, 0) is 25.0 Å². The summed E-state index contributed by atoms with van der Waals surface area (Å²) in [5, 5.41) is 28.3. The van der Waals surface area contributed by atoms with E-state index in [1.54, 1.807) is 6.20 Å². The van der Waals surface area contributed by atoms with Gasteiger partial charge in [0.15, 0.2) is 0 Å². The number of imidazole rings is 2. The van der Waals surface area contributed by atoms with Crippen LogP contribution < -0.4 is 21.7 Å². The first-order valence-corrected chi connectivity index (χ1v) is 13.2. The minimum Gasteiger partial charge on any atom is -0.480 e. The highest BCUT2D eigenvalue weighted by Gasteiger charge is 2.33. The molecule has 0 aliphatic heterocycles. The lowest BCUT2D eigenvalue weighted by Gasteiger charge is -2.26. The van der Waals surface area contributed by atoms with Gasteiger partial charge in [-0.25, -0.2) is 14.8 Å². The van der Waals surface area contributed by atoms with Gasteiger partial charge in [0.1, 0.15) is 18.1 Å². The van der Waals surface area contributed by atoms with E-state index < -0.39 is 54.0 Å². The Balaban J connectivity index is 1.44. The van der Waals surface area contributed by atoms with Gasteiger partial charge in [-0.1, -0.05) is 18.2 Å². The monoisotopic (exact) mass is 579 g/mol. The largest absolute Gasteiger partial charge is 0.480 e. The van der Waals surface area contributed by atoms with Crippen LogP contribution in [0.1, 0.15) is 23.9 Å². The van der Waals surface area contributed by atoms with Gasteiger partial charge in [-0.2, -0.15) is 0 Å². The van der Waals surface area contributed by atoms with E-state index in [4.69, 9.17) is 5.73 Å². The third-order valence-corrected chi connectivity index (χ3v) is 6.72. The zero-order chi connectivity index (χ0) is 30.2. The summed E-state index contributed by atoms with van der Waals surface area (Å²) >= 11 is 0. The second-order valence-electron chi connectivity index (χ2n) is 9.92. The van der Waals surface area contributed by atoms with Crippen molar-refractivity contribution in [2.45, 2.75) is 56.5 Å². The van der Waals surface area contributed by atoms with Gasteiger partial charge in [0.2, 0.25) is 17.7 Å². The molecular weight excluding hydrogens is 546 g/mol. The van der Waals surface area contributed by atoms with Crippen LogP contribution in [0.25, 0.3) is 10.9 Å². The van der Waals surface area contributed by atoms with Crippen molar-refractivity contribution in [3.8, 4) is 0 Å². The number of amides is 3. The smallest absolute Gasteiger partial charge is 0.326 e. The number of carbonyl (C=O) groups is 4. The number of aromatic amines is 3. The molecule has 0 aliphatic rings. The van der Waals surface area contributed by atoms with Gasteiger partial charge in [0.25, 0.3) is 0 Å². The molecule has 0 bridgehead atoms. The maximum Gasteiger partial charge on any atom is 0.326 e. The molecule has 3 heterocycles. The maximum absolute atomic E-state index is 13.3. The van der Waals surface area contributed by atoms with E-state index in [0.717, 1.165) is 16.5 Å². The number of fused-ring (bicyclic) bond motifs is 1. The highest BCUT2D eigenvalue weighted by molar-refractivity contribution is 5.95. The molecular formula is C27H33N9O6. The normalized spacial score (nSPS) is 14.8. The average molecular weight is 580 g/mol. The summed E-state index contributed by atoms with van der Waals surface area (Å²) in [6, 6.07) is 2.43. The third-order valence-electron chi connectivity index (χ3n) is 6.72. The number of nitrogens with two attached hydrogens (primary N) is 1. The van der Waals surface area contributed by atoms with Crippen molar-refractivity contribution in [1.29, 1.82) is 0 Å². The van der Waals surface area contributed by atoms with E-state index in [9.17, 15) is 29.4 Å². The molecule has 15 heteroatoms. The Labute approximate surface area is 239 Å². The molecule has 0 radical (unpaired) electrons. The fourth-order valence-electron chi connectivity index (χ4n) is 4.47. The first-order chi connectivity index (χ1) is 20.1. The van der Waals surface area contributed by atoms with E-state index in [1.807, 2.05) is 24.3 Å². The van der Waals surface area contributed by atoms with E-state index >= 15 is 0 Å². The number of hydrogen-bond donors (Lipinski definition) is 9. The highest BCUT2D eigenvalue weighted by Crippen LogP contribution is 2.19. The molecule has 15 nitrogen and oxygen atoms in total. The molecule has 0 fully saturated rings. The number of benzene rings is 1. The van der Waals surface area contributed by atoms with Crippen LogP contribution in [0.5, 0.6) is 0 Å². The summed E-state index contributed by atoms with van der Waals surface area (Å²) in [4.78, 5) is 67.8. The molecule has 0 saturated carbocycles. The molecule has 5 unspecified atom stereocenters. The Morgan fingerprint density at radius 2 is 1.48 bits per heavy atom. The minimum atomic E-state index is -1.45. The van der Waals surface area contributed by atoms with Crippen molar-refractivity contribution < 1.29 is 29.4 Å². The molecule has 222 valence electrons. The zero-order valence-corrected chi connectivity index (χ0v) is 22.7. The minimum absolute atomic E-state index is 0.0749. The fourth-order valence-corrected chi connectivity index (χ4v) is 4.47. The van der Waals surface area contributed by atoms with Crippen molar-refractivity contribution in [1.82, 2.24) is 40.9 Å². The number of carbonyl (C=O) groups excluding carboxylic acids is 3. The molecule has 42 heavy (non-hydrogen) atoms. The van der Waals surface area contributed by atoms with Gasteiger partial charge < -0.3 is 46.8 Å². The summed E-state index contributed by atoms with van der Waals surface area (Å²) in [5.74, 6) is -3.63. The lowest BCUT2D eigenvalue weighted by atomic mass is 10.0. The van der Waals surface area contributed by atoms with Gasteiger partial charge in [0.05, 0.1) is 24.8 Å². The predicted octanol–water partition coefficient (Wildman–Crippen LogP) is -1.11. The van der Waals surface area contributed by atoms with Gasteiger partial charge in [0, 0.05) is 53.7 Å². The van der Waals surface area contributed by atoms with Crippen LogP contribution in [0.3, 0.4) is 0 Å². The number of aliphatic carboxylic acids is 1. The number of nitrogens with one attached hydrogen (secondary N) is 6.